The molecule has 0 radical (unpaired) electrons. The maximum Gasteiger partial charge on any atom is 0.492 e. The molecule has 0 unspecified atom stereocenters. The molecule has 0 amide bonds. The van der Waals surface area contributed by atoms with Crippen molar-refractivity contribution in [2.75, 3.05) is 13.2 Å². The normalized spacial score (nSPS) is 19.4. The summed E-state index contributed by atoms with van der Waals surface area (Å²) in [6.07, 6.45) is 1.71. The highest BCUT2D eigenvalue weighted by atomic mass is 16.7. The fraction of sp³-hybridized carbons (Fsp3) is 0.471. The van der Waals surface area contributed by atoms with E-state index in [2.05, 4.69) is 0 Å². The molecule has 0 aliphatic carbocycles. The van der Waals surface area contributed by atoms with Gasteiger partial charge in [0.2, 0.25) is 0 Å². The van der Waals surface area contributed by atoms with Crippen LogP contribution in [0.4, 0.5) is 0 Å². The number of hydrogen-bond acceptors (Lipinski definition) is 5. The van der Waals surface area contributed by atoms with Crippen LogP contribution in [0.5, 0.6) is 5.75 Å². The average molecular weight is 334 g/mol. The predicted molar refractivity (Wildman–Crippen MR) is 90.7 cm³/mol. The molecule has 1 saturated heterocycles. The predicted octanol–water partition coefficient (Wildman–Crippen LogP) is 2.16. The van der Waals surface area contributed by atoms with Gasteiger partial charge in [0.15, 0.2) is 6.61 Å². The van der Waals surface area contributed by atoms with Crippen molar-refractivity contribution >= 4 is 19.2 Å². The minimum absolute atomic E-state index is 0.246. The summed E-state index contributed by atoms with van der Waals surface area (Å²) in [6, 6.07) is 7.01. The lowest BCUT2D eigenvalue weighted by molar-refractivity contribution is -0.139. The van der Waals surface area contributed by atoms with Crippen molar-refractivity contribution in [3.05, 3.63) is 35.3 Å². The lowest BCUT2D eigenvalue weighted by atomic mass is 9.77. The van der Waals surface area contributed by atoms with Crippen LogP contribution >= 0.6 is 0 Å². The smallest absolute Gasteiger partial charge is 0.481 e. The van der Waals surface area contributed by atoms with E-state index in [9.17, 15) is 9.90 Å². The summed E-state index contributed by atoms with van der Waals surface area (Å²) in [6.45, 7) is 7.07. The number of rotatable bonds is 6. The number of para-hydroxylation sites is 1. The number of aliphatic hydroxyl groups excluding tert-OH is 1. The Kier molecular flexibility index (Phi) is 5.37. The van der Waals surface area contributed by atoms with Crippen LogP contribution in [0.3, 0.4) is 0 Å². The molecule has 0 aromatic heterocycles. The molecule has 130 valence electrons. The highest BCUT2D eigenvalue weighted by Gasteiger charge is 2.52. The zero-order chi connectivity index (χ0) is 18.0. The first-order valence-electron chi connectivity index (χ1n) is 7.77. The first-order valence-corrected chi connectivity index (χ1v) is 7.77. The quantitative estimate of drug-likeness (QED) is 0.776. The van der Waals surface area contributed by atoms with Crippen LogP contribution in [0.25, 0.3) is 6.08 Å². The molecule has 1 aromatic rings. The van der Waals surface area contributed by atoms with Crippen molar-refractivity contribution in [1.29, 1.82) is 0 Å². The van der Waals surface area contributed by atoms with Crippen molar-refractivity contribution in [1.82, 2.24) is 0 Å². The van der Waals surface area contributed by atoms with Gasteiger partial charge in [-0.15, -0.1) is 0 Å². The minimum atomic E-state index is -1.05. The van der Waals surface area contributed by atoms with Gasteiger partial charge in [0, 0.05) is 5.56 Å². The molecular weight excluding hydrogens is 311 g/mol. The van der Waals surface area contributed by atoms with Crippen LogP contribution < -0.4 is 4.74 Å². The number of carboxylic acids is 1. The molecule has 1 aliphatic rings. The van der Waals surface area contributed by atoms with Gasteiger partial charge in [-0.05, 0) is 39.2 Å². The number of aliphatic hydroxyl groups is 1. The van der Waals surface area contributed by atoms with Gasteiger partial charge >= 0.3 is 13.1 Å². The van der Waals surface area contributed by atoms with Gasteiger partial charge in [-0.25, -0.2) is 4.79 Å². The molecule has 1 heterocycles. The molecule has 0 saturated carbocycles. The van der Waals surface area contributed by atoms with Gasteiger partial charge in [0.25, 0.3) is 0 Å². The first kappa shape index (κ1) is 18.5. The fourth-order valence-electron chi connectivity index (χ4n) is 2.25. The van der Waals surface area contributed by atoms with Gasteiger partial charge in [0.1, 0.15) is 5.75 Å². The largest absolute Gasteiger partial charge is 0.492 e. The van der Waals surface area contributed by atoms with E-state index in [0.29, 0.717) is 16.8 Å². The second kappa shape index (κ2) is 6.97. The van der Waals surface area contributed by atoms with Crippen molar-refractivity contribution in [2.24, 2.45) is 0 Å². The Hall–Kier alpha value is -1.83. The summed E-state index contributed by atoms with van der Waals surface area (Å²) in [5.74, 6) is -0.635. The van der Waals surface area contributed by atoms with Gasteiger partial charge in [-0.3, -0.25) is 0 Å². The standard InChI is InChI=1S/C17H23BO6/c1-16(2)17(3,4)24-18(23-16)13(10-19)9-12-7-5-6-8-14(12)22-11-15(20)21/h5-9,19H,10-11H2,1-4H3,(H,20,21). The third-order valence-corrected chi connectivity index (χ3v) is 4.35. The van der Waals surface area contributed by atoms with E-state index in [-0.39, 0.29) is 6.61 Å². The Labute approximate surface area is 142 Å². The molecule has 1 fully saturated rings. The van der Waals surface area contributed by atoms with Crippen LogP contribution in [0.1, 0.15) is 33.3 Å². The van der Waals surface area contributed by atoms with Crippen molar-refractivity contribution < 1.29 is 29.1 Å². The topological polar surface area (TPSA) is 85.2 Å². The van der Waals surface area contributed by atoms with E-state index in [4.69, 9.17) is 19.2 Å². The second-order valence-electron chi connectivity index (χ2n) is 6.69. The molecule has 7 heteroatoms. The Morgan fingerprint density at radius 3 is 2.33 bits per heavy atom. The molecule has 0 bridgehead atoms. The minimum Gasteiger partial charge on any atom is -0.481 e. The molecule has 24 heavy (non-hydrogen) atoms. The molecule has 2 N–H and O–H groups in total. The third kappa shape index (κ3) is 3.98. The van der Waals surface area contributed by atoms with Crippen LogP contribution in [0.2, 0.25) is 0 Å². The summed E-state index contributed by atoms with van der Waals surface area (Å²) in [4.78, 5) is 10.7. The number of hydrogen-bond donors (Lipinski definition) is 2. The summed E-state index contributed by atoms with van der Waals surface area (Å²) in [7, 11) is -0.674. The van der Waals surface area contributed by atoms with Crippen LogP contribution in [0.15, 0.2) is 29.7 Å². The summed E-state index contributed by atoms with van der Waals surface area (Å²) >= 11 is 0. The summed E-state index contributed by atoms with van der Waals surface area (Å²) in [5, 5.41) is 18.5. The van der Waals surface area contributed by atoms with E-state index in [1.165, 1.54) is 0 Å². The number of aliphatic carboxylic acids is 1. The number of carbonyl (C=O) groups is 1. The highest BCUT2D eigenvalue weighted by Crippen LogP contribution is 2.39. The maximum absolute atomic E-state index is 10.7. The zero-order valence-corrected chi connectivity index (χ0v) is 14.4. The Morgan fingerprint density at radius 1 is 1.21 bits per heavy atom. The average Bonchev–Trinajstić information content (AvgIpc) is 2.71. The molecule has 0 spiro atoms. The highest BCUT2D eigenvalue weighted by molar-refractivity contribution is 6.55. The van der Waals surface area contributed by atoms with Gasteiger partial charge in [-0.2, -0.15) is 0 Å². The fourth-order valence-corrected chi connectivity index (χ4v) is 2.25. The lowest BCUT2D eigenvalue weighted by Gasteiger charge is -2.32. The molecular formula is C17H23BO6. The molecule has 6 nitrogen and oxygen atoms in total. The van der Waals surface area contributed by atoms with Gasteiger partial charge in [-0.1, -0.05) is 24.3 Å². The van der Waals surface area contributed by atoms with Gasteiger partial charge < -0.3 is 24.3 Å². The Morgan fingerprint density at radius 2 is 1.79 bits per heavy atom. The van der Waals surface area contributed by atoms with E-state index in [0.717, 1.165) is 0 Å². The summed E-state index contributed by atoms with van der Waals surface area (Å²) < 4.78 is 17.2. The SMILES string of the molecule is CC1(C)OB(C(=Cc2ccccc2OCC(=O)O)CO)OC1(C)C. The molecule has 0 atom stereocenters. The summed E-state index contributed by atoms with van der Waals surface area (Å²) in [5.41, 5.74) is 0.175. The molecule has 1 aliphatic heterocycles. The third-order valence-electron chi connectivity index (χ3n) is 4.35. The van der Waals surface area contributed by atoms with Crippen molar-refractivity contribution in [3.63, 3.8) is 0 Å². The van der Waals surface area contributed by atoms with E-state index in [1.54, 1.807) is 30.3 Å². The van der Waals surface area contributed by atoms with Crippen molar-refractivity contribution in [2.45, 2.75) is 38.9 Å². The first-order chi connectivity index (χ1) is 11.2. The van der Waals surface area contributed by atoms with Crippen LogP contribution in [0, 0.1) is 0 Å². The van der Waals surface area contributed by atoms with Crippen molar-refractivity contribution in [3.8, 4) is 5.75 Å². The molecule has 1 aromatic carbocycles. The number of benzene rings is 1. The van der Waals surface area contributed by atoms with E-state index in [1.807, 2.05) is 27.7 Å². The van der Waals surface area contributed by atoms with Crippen LogP contribution in [-0.2, 0) is 14.1 Å². The molecule has 2 rings (SSSR count). The second-order valence-corrected chi connectivity index (χ2v) is 6.69. The van der Waals surface area contributed by atoms with E-state index < -0.39 is 30.9 Å². The Bertz CT molecular complexity index is 622. The number of ether oxygens (including phenoxy) is 1. The van der Waals surface area contributed by atoms with Crippen LogP contribution in [-0.4, -0.2) is 47.7 Å². The van der Waals surface area contributed by atoms with Gasteiger partial charge in [0.05, 0.1) is 17.8 Å². The lowest BCUT2D eigenvalue weighted by Crippen LogP contribution is -2.41. The maximum atomic E-state index is 10.7. The monoisotopic (exact) mass is 334 g/mol. The zero-order valence-electron chi connectivity index (χ0n) is 14.4. The van der Waals surface area contributed by atoms with E-state index >= 15 is 0 Å². The number of carboxylic acid groups (broad SMARTS) is 1. The Balaban J connectivity index is 2.27.